The van der Waals surface area contributed by atoms with Crippen molar-refractivity contribution >= 4 is 5.97 Å². The Kier molecular flexibility index (Phi) is 5.73. The van der Waals surface area contributed by atoms with Crippen LogP contribution in [-0.4, -0.2) is 60.4 Å². The maximum absolute atomic E-state index is 11.9. The van der Waals surface area contributed by atoms with Crippen LogP contribution >= 0.6 is 0 Å². The first kappa shape index (κ1) is 16.4. The molecule has 0 bridgehead atoms. The Bertz CT molecular complexity index is 302. The minimum absolute atomic E-state index is 0.104. The molecule has 3 atom stereocenters. The zero-order chi connectivity index (χ0) is 14.6. The zero-order valence-corrected chi connectivity index (χ0v) is 12.4. The van der Waals surface area contributed by atoms with E-state index < -0.39 is 18.1 Å². The molecule has 1 saturated heterocycles. The van der Waals surface area contributed by atoms with E-state index in [1.54, 1.807) is 18.9 Å². The molecule has 19 heavy (non-hydrogen) atoms. The highest BCUT2D eigenvalue weighted by molar-refractivity contribution is 5.76. The van der Waals surface area contributed by atoms with E-state index in [1.807, 2.05) is 20.8 Å². The molecule has 6 heteroatoms. The van der Waals surface area contributed by atoms with E-state index in [1.165, 1.54) is 0 Å². The number of carbonyl (C=O) groups excluding carboxylic acids is 1. The van der Waals surface area contributed by atoms with Gasteiger partial charge in [0.25, 0.3) is 0 Å². The number of hydrogen-bond donors (Lipinski definition) is 1. The van der Waals surface area contributed by atoms with E-state index in [4.69, 9.17) is 14.2 Å². The number of hydrogen-bond acceptors (Lipinski definition) is 6. The molecule has 1 unspecified atom stereocenters. The normalized spacial score (nSPS) is 26.4. The molecule has 0 amide bonds. The van der Waals surface area contributed by atoms with Crippen molar-refractivity contribution in [1.29, 1.82) is 0 Å². The first-order valence-corrected chi connectivity index (χ1v) is 6.59. The fraction of sp³-hybridized carbons (Fsp3) is 0.923. The van der Waals surface area contributed by atoms with E-state index in [0.29, 0.717) is 19.6 Å². The highest BCUT2D eigenvalue weighted by Gasteiger charge is 2.42. The van der Waals surface area contributed by atoms with Crippen molar-refractivity contribution in [1.82, 2.24) is 4.90 Å². The Balaban J connectivity index is 2.73. The topological polar surface area (TPSA) is 68.2 Å². The lowest BCUT2D eigenvalue weighted by molar-refractivity contribution is -0.244. The van der Waals surface area contributed by atoms with Crippen LogP contribution in [0.15, 0.2) is 0 Å². The Labute approximate surface area is 114 Å². The van der Waals surface area contributed by atoms with Gasteiger partial charge in [0.05, 0.1) is 18.3 Å². The molecule has 112 valence electrons. The number of aliphatic hydroxyl groups is 1. The van der Waals surface area contributed by atoms with Crippen molar-refractivity contribution in [2.24, 2.45) is 0 Å². The van der Waals surface area contributed by atoms with Crippen LogP contribution in [-0.2, 0) is 19.0 Å². The Morgan fingerprint density at radius 2 is 2.11 bits per heavy atom. The van der Waals surface area contributed by atoms with Gasteiger partial charge in [-0.1, -0.05) is 0 Å². The smallest absolute Gasteiger partial charge is 0.323 e. The highest BCUT2D eigenvalue weighted by atomic mass is 16.6. The summed E-state index contributed by atoms with van der Waals surface area (Å²) in [5.74, 6) is -0.349. The number of likely N-dealkylation sites (tertiary alicyclic amines) is 1. The molecule has 1 heterocycles. The molecule has 1 fully saturated rings. The van der Waals surface area contributed by atoms with Gasteiger partial charge in [0.15, 0.2) is 0 Å². The predicted molar refractivity (Wildman–Crippen MR) is 69.4 cm³/mol. The second-order valence-electron chi connectivity index (χ2n) is 5.61. The molecular weight excluding hydrogens is 250 g/mol. The van der Waals surface area contributed by atoms with Crippen molar-refractivity contribution < 1.29 is 24.1 Å². The third-order valence-corrected chi connectivity index (χ3v) is 2.94. The van der Waals surface area contributed by atoms with Crippen molar-refractivity contribution in [3.05, 3.63) is 0 Å². The second kappa shape index (κ2) is 6.65. The average Bonchev–Trinajstić information content (AvgIpc) is 2.71. The van der Waals surface area contributed by atoms with E-state index in [2.05, 4.69) is 0 Å². The number of nitrogens with zero attached hydrogens (tertiary/aromatic N) is 1. The zero-order valence-electron chi connectivity index (χ0n) is 12.4. The van der Waals surface area contributed by atoms with E-state index in [0.717, 1.165) is 0 Å². The SMILES string of the molecule is CCOC(=O)[C@@H]1C[C@@H](OC)CN1C(O)OC(C)(C)C. The van der Waals surface area contributed by atoms with Crippen molar-refractivity contribution in [2.45, 2.75) is 58.3 Å². The first-order valence-electron chi connectivity index (χ1n) is 6.59. The Morgan fingerprint density at radius 1 is 1.47 bits per heavy atom. The van der Waals surface area contributed by atoms with Gasteiger partial charge in [0.1, 0.15) is 6.04 Å². The monoisotopic (exact) mass is 275 g/mol. The summed E-state index contributed by atoms with van der Waals surface area (Å²) in [6, 6.07) is -0.526. The molecule has 6 nitrogen and oxygen atoms in total. The number of methoxy groups -OCH3 is 1. The summed E-state index contributed by atoms with van der Waals surface area (Å²) < 4.78 is 15.8. The van der Waals surface area contributed by atoms with Gasteiger partial charge in [-0.25, -0.2) is 4.90 Å². The lowest BCUT2D eigenvalue weighted by Gasteiger charge is -2.32. The molecule has 0 aromatic heterocycles. The number of rotatable bonds is 5. The number of carbonyl (C=O) groups is 1. The third-order valence-electron chi connectivity index (χ3n) is 2.94. The molecule has 1 rings (SSSR count). The highest BCUT2D eigenvalue weighted by Crippen LogP contribution is 2.25. The van der Waals surface area contributed by atoms with Crippen LogP contribution in [0.5, 0.6) is 0 Å². The van der Waals surface area contributed by atoms with Gasteiger partial charge in [-0.05, 0) is 27.7 Å². The molecule has 1 aliphatic heterocycles. The largest absolute Gasteiger partial charge is 0.465 e. The third kappa shape index (κ3) is 4.72. The molecule has 1 N–H and O–H groups in total. The molecule has 0 saturated carbocycles. The molecule has 1 aliphatic rings. The van der Waals surface area contributed by atoms with Gasteiger partial charge in [0.2, 0.25) is 6.41 Å². The van der Waals surface area contributed by atoms with E-state index in [9.17, 15) is 9.90 Å². The van der Waals surface area contributed by atoms with Gasteiger partial charge < -0.3 is 19.3 Å². The number of ether oxygens (including phenoxy) is 3. The molecule has 0 radical (unpaired) electrons. The molecule has 0 aromatic carbocycles. The molecule has 0 aromatic rings. The summed E-state index contributed by atoms with van der Waals surface area (Å²) in [7, 11) is 1.59. The maximum atomic E-state index is 11.9. The van der Waals surface area contributed by atoms with Crippen LogP contribution in [0.3, 0.4) is 0 Å². The Morgan fingerprint density at radius 3 is 2.58 bits per heavy atom. The van der Waals surface area contributed by atoms with E-state index in [-0.39, 0.29) is 12.1 Å². The lowest BCUT2D eigenvalue weighted by atomic mass is 10.2. The Hall–Kier alpha value is -0.690. The maximum Gasteiger partial charge on any atom is 0.323 e. The summed E-state index contributed by atoms with van der Waals surface area (Å²) in [4.78, 5) is 13.5. The van der Waals surface area contributed by atoms with Crippen molar-refractivity contribution in [3.63, 3.8) is 0 Å². The van der Waals surface area contributed by atoms with Gasteiger partial charge in [-0.3, -0.25) is 4.79 Å². The predicted octanol–water partition coefficient (Wildman–Crippen LogP) is 0.730. The summed E-state index contributed by atoms with van der Waals surface area (Å²) in [6.45, 7) is 8.06. The molecule has 0 aliphatic carbocycles. The van der Waals surface area contributed by atoms with Crippen LogP contribution in [0.2, 0.25) is 0 Å². The summed E-state index contributed by atoms with van der Waals surface area (Å²) in [5.41, 5.74) is -0.496. The van der Waals surface area contributed by atoms with Crippen molar-refractivity contribution in [2.75, 3.05) is 20.3 Å². The second-order valence-corrected chi connectivity index (χ2v) is 5.61. The first-order chi connectivity index (χ1) is 8.78. The average molecular weight is 275 g/mol. The van der Waals surface area contributed by atoms with E-state index >= 15 is 0 Å². The molecular formula is C13H25NO5. The van der Waals surface area contributed by atoms with Gasteiger partial charge in [0, 0.05) is 20.1 Å². The van der Waals surface area contributed by atoms with Crippen LogP contribution in [0.4, 0.5) is 0 Å². The van der Waals surface area contributed by atoms with Gasteiger partial charge in [-0.15, -0.1) is 0 Å². The fourth-order valence-electron chi connectivity index (χ4n) is 2.09. The quantitative estimate of drug-likeness (QED) is 0.589. The summed E-state index contributed by atoms with van der Waals surface area (Å²) >= 11 is 0. The fourth-order valence-corrected chi connectivity index (χ4v) is 2.09. The van der Waals surface area contributed by atoms with Crippen LogP contribution in [0, 0.1) is 0 Å². The number of aliphatic hydroxyl groups excluding tert-OH is 1. The summed E-state index contributed by atoms with van der Waals surface area (Å²) in [5, 5.41) is 10.1. The van der Waals surface area contributed by atoms with Gasteiger partial charge in [-0.2, -0.15) is 0 Å². The summed E-state index contributed by atoms with van der Waals surface area (Å²) in [6.07, 6.45) is -0.748. The van der Waals surface area contributed by atoms with Gasteiger partial charge >= 0.3 is 5.97 Å². The van der Waals surface area contributed by atoms with Crippen LogP contribution in [0.1, 0.15) is 34.1 Å². The minimum atomic E-state index is -1.14. The number of esters is 1. The van der Waals surface area contributed by atoms with Crippen LogP contribution in [0.25, 0.3) is 0 Å². The lowest BCUT2D eigenvalue weighted by Crippen LogP contribution is -2.47. The standard InChI is InChI=1S/C13H25NO5/c1-6-18-11(15)10-7-9(17-5)8-14(10)12(16)19-13(2,3)4/h9-10,12,16H,6-8H2,1-5H3/t9-,10+,12?/m1/s1. The minimum Gasteiger partial charge on any atom is -0.465 e. The van der Waals surface area contributed by atoms with Crippen molar-refractivity contribution in [3.8, 4) is 0 Å². The molecule has 0 spiro atoms. The van der Waals surface area contributed by atoms with Crippen LogP contribution < -0.4 is 0 Å².